The number of rotatable bonds is 3. The van der Waals surface area contributed by atoms with E-state index in [0.717, 1.165) is 16.4 Å². The van der Waals surface area contributed by atoms with E-state index >= 15 is 0 Å². The molecule has 0 unspecified atom stereocenters. The van der Waals surface area contributed by atoms with Crippen LogP contribution in [0.1, 0.15) is 11.3 Å². The van der Waals surface area contributed by atoms with Crippen molar-refractivity contribution < 1.29 is 4.74 Å². The van der Waals surface area contributed by atoms with Crippen LogP contribution in [-0.4, -0.2) is 9.38 Å². The summed E-state index contributed by atoms with van der Waals surface area (Å²) < 4.78 is 7.89. The fraction of sp³-hybridized carbons (Fsp3) is 0.154. The van der Waals surface area contributed by atoms with Crippen LogP contribution in [-0.2, 0) is 5.33 Å². The Morgan fingerprint density at radius 1 is 1.33 bits per heavy atom. The minimum atomic E-state index is 0.669. The molecule has 3 rings (SSSR count). The van der Waals surface area contributed by atoms with Gasteiger partial charge >= 0.3 is 0 Å². The second-order valence-electron chi connectivity index (χ2n) is 3.97. The van der Waals surface area contributed by atoms with Crippen molar-refractivity contribution in [3.05, 3.63) is 47.1 Å². The third kappa shape index (κ3) is 2.04. The topological polar surface area (TPSA) is 26.5 Å². The Morgan fingerprint density at radius 3 is 2.83 bits per heavy atom. The summed E-state index contributed by atoms with van der Waals surface area (Å²) in [6.45, 7) is 2.06. The lowest BCUT2D eigenvalue weighted by molar-refractivity contribution is 0.461. The van der Waals surface area contributed by atoms with Gasteiger partial charge in [0.1, 0.15) is 5.75 Å². The summed E-state index contributed by atoms with van der Waals surface area (Å²) in [5.74, 6) is 1.48. The van der Waals surface area contributed by atoms with E-state index in [9.17, 15) is 0 Å². The lowest BCUT2D eigenvalue weighted by Gasteiger charge is -2.04. The number of hydrogen-bond donors (Lipinski definition) is 0. The van der Waals surface area contributed by atoms with Crippen molar-refractivity contribution >= 4 is 32.2 Å². The number of benzene rings is 1. The molecule has 0 spiro atoms. The molecule has 0 fully saturated rings. The maximum atomic E-state index is 5.84. The van der Waals surface area contributed by atoms with E-state index in [0.29, 0.717) is 11.2 Å². The molecule has 18 heavy (non-hydrogen) atoms. The van der Waals surface area contributed by atoms with Crippen molar-refractivity contribution in [3.8, 4) is 11.6 Å². The van der Waals surface area contributed by atoms with Crippen LogP contribution in [0.15, 0.2) is 35.8 Å². The van der Waals surface area contributed by atoms with Crippen molar-refractivity contribution in [1.82, 2.24) is 9.38 Å². The van der Waals surface area contributed by atoms with Crippen molar-refractivity contribution in [2.24, 2.45) is 0 Å². The molecule has 0 radical (unpaired) electrons. The molecule has 0 amide bonds. The lowest BCUT2D eigenvalue weighted by atomic mass is 10.2. The van der Waals surface area contributed by atoms with Gasteiger partial charge < -0.3 is 4.74 Å². The molecule has 2 aromatic heterocycles. The van der Waals surface area contributed by atoms with Crippen LogP contribution in [0.4, 0.5) is 0 Å². The minimum Gasteiger partial charge on any atom is -0.437 e. The number of alkyl halides is 1. The van der Waals surface area contributed by atoms with Crippen LogP contribution in [0, 0.1) is 6.92 Å². The molecule has 0 saturated heterocycles. The second kappa shape index (κ2) is 4.74. The molecule has 2 heterocycles. The first-order chi connectivity index (χ1) is 8.78. The highest BCUT2D eigenvalue weighted by molar-refractivity contribution is 9.08. The Kier molecular flexibility index (Phi) is 3.09. The molecular weight excluding hydrogens is 312 g/mol. The van der Waals surface area contributed by atoms with Gasteiger partial charge in [0.25, 0.3) is 0 Å². The van der Waals surface area contributed by atoms with Crippen LogP contribution in [0.3, 0.4) is 0 Å². The molecule has 5 heteroatoms. The molecular formula is C13H11BrN2OS. The fourth-order valence-electron chi connectivity index (χ4n) is 1.73. The van der Waals surface area contributed by atoms with Crippen LogP contribution < -0.4 is 4.74 Å². The number of thiazole rings is 1. The zero-order valence-corrected chi connectivity index (χ0v) is 12.2. The number of aromatic nitrogens is 2. The summed E-state index contributed by atoms with van der Waals surface area (Å²) in [7, 11) is 0. The number of aryl methyl sites for hydroxylation is 1. The number of halogens is 1. The first-order valence-electron chi connectivity index (χ1n) is 5.53. The summed E-state index contributed by atoms with van der Waals surface area (Å²) in [5, 5.41) is 2.73. The second-order valence-corrected chi connectivity index (χ2v) is 5.40. The molecule has 0 aliphatic rings. The predicted molar refractivity (Wildman–Crippen MR) is 77.0 cm³/mol. The minimum absolute atomic E-state index is 0.669. The van der Waals surface area contributed by atoms with Crippen molar-refractivity contribution in [3.63, 3.8) is 0 Å². The van der Waals surface area contributed by atoms with Gasteiger partial charge in [0, 0.05) is 16.9 Å². The zero-order valence-electron chi connectivity index (χ0n) is 9.76. The van der Waals surface area contributed by atoms with Gasteiger partial charge in [-0.2, -0.15) is 4.98 Å². The number of imidazole rings is 1. The van der Waals surface area contributed by atoms with Crippen LogP contribution in [0.25, 0.3) is 4.96 Å². The van der Waals surface area contributed by atoms with Gasteiger partial charge in [-0.05, 0) is 19.1 Å². The van der Waals surface area contributed by atoms with Crippen LogP contribution >= 0.6 is 27.3 Å². The van der Waals surface area contributed by atoms with E-state index in [-0.39, 0.29) is 0 Å². The average molecular weight is 323 g/mol. The van der Waals surface area contributed by atoms with E-state index in [2.05, 4.69) is 27.8 Å². The summed E-state index contributed by atoms with van der Waals surface area (Å²) in [6, 6.07) is 7.98. The van der Waals surface area contributed by atoms with Gasteiger partial charge in [-0.1, -0.05) is 33.6 Å². The summed E-state index contributed by atoms with van der Waals surface area (Å²) in [5.41, 5.74) is 2.25. The summed E-state index contributed by atoms with van der Waals surface area (Å²) in [4.78, 5) is 5.44. The highest BCUT2D eigenvalue weighted by Crippen LogP contribution is 2.29. The van der Waals surface area contributed by atoms with E-state index in [1.807, 2.05) is 40.2 Å². The SMILES string of the molecule is Cc1ccc(Oc2nc3sccn3c2CBr)cc1. The van der Waals surface area contributed by atoms with E-state index in [4.69, 9.17) is 4.74 Å². The average Bonchev–Trinajstić information content (AvgIpc) is 2.92. The molecule has 0 aliphatic carbocycles. The quantitative estimate of drug-likeness (QED) is 0.668. The molecule has 92 valence electrons. The van der Waals surface area contributed by atoms with E-state index < -0.39 is 0 Å². The Bertz CT molecular complexity index is 672. The molecule has 0 atom stereocenters. The molecule has 0 N–H and O–H groups in total. The number of hydrogen-bond acceptors (Lipinski definition) is 3. The predicted octanol–water partition coefficient (Wildman–Crippen LogP) is 4.39. The maximum Gasteiger partial charge on any atom is 0.243 e. The van der Waals surface area contributed by atoms with Crippen LogP contribution in [0.2, 0.25) is 0 Å². The Morgan fingerprint density at radius 2 is 2.11 bits per heavy atom. The largest absolute Gasteiger partial charge is 0.437 e. The van der Waals surface area contributed by atoms with Gasteiger partial charge in [-0.25, -0.2) is 0 Å². The number of ether oxygens (including phenoxy) is 1. The van der Waals surface area contributed by atoms with Gasteiger partial charge in [-0.3, -0.25) is 4.40 Å². The summed E-state index contributed by atoms with van der Waals surface area (Å²) >= 11 is 5.08. The zero-order chi connectivity index (χ0) is 12.5. The normalized spacial score (nSPS) is 11.0. The third-order valence-corrected chi connectivity index (χ3v) is 3.97. The Hall–Kier alpha value is -1.33. The lowest BCUT2D eigenvalue weighted by Crippen LogP contribution is -1.90. The van der Waals surface area contributed by atoms with Crippen molar-refractivity contribution in [2.75, 3.05) is 0 Å². The third-order valence-electron chi connectivity index (χ3n) is 2.69. The Balaban J connectivity index is 1.98. The smallest absolute Gasteiger partial charge is 0.243 e. The monoisotopic (exact) mass is 322 g/mol. The van der Waals surface area contributed by atoms with E-state index in [1.165, 1.54) is 5.56 Å². The molecule has 0 aliphatic heterocycles. The maximum absolute atomic E-state index is 5.84. The van der Waals surface area contributed by atoms with Crippen molar-refractivity contribution in [2.45, 2.75) is 12.3 Å². The van der Waals surface area contributed by atoms with E-state index in [1.54, 1.807) is 11.3 Å². The Labute approximate surface area is 117 Å². The molecule has 0 saturated carbocycles. The molecule has 3 nitrogen and oxygen atoms in total. The first kappa shape index (κ1) is 11.7. The van der Waals surface area contributed by atoms with Gasteiger partial charge in [0.2, 0.25) is 5.88 Å². The summed E-state index contributed by atoms with van der Waals surface area (Å²) in [6.07, 6.45) is 2.01. The van der Waals surface area contributed by atoms with Gasteiger partial charge in [0.05, 0.1) is 5.69 Å². The molecule has 3 aromatic rings. The first-order valence-corrected chi connectivity index (χ1v) is 7.53. The number of nitrogens with zero attached hydrogens (tertiary/aromatic N) is 2. The molecule has 1 aromatic carbocycles. The van der Waals surface area contributed by atoms with Gasteiger partial charge in [0.15, 0.2) is 4.96 Å². The molecule has 0 bridgehead atoms. The fourth-order valence-corrected chi connectivity index (χ4v) is 2.97. The standard InChI is InChI=1S/C13H11BrN2OS/c1-9-2-4-10(5-3-9)17-12-11(8-14)16-6-7-18-13(16)15-12/h2-7H,8H2,1H3. The highest BCUT2D eigenvalue weighted by Gasteiger charge is 2.13. The number of fused-ring (bicyclic) bond motifs is 1. The highest BCUT2D eigenvalue weighted by atomic mass is 79.9. The van der Waals surface area contributed by atoms with Gasteiger partial charge in [-0.15, -0.1) is 11.3 Å². The van der Waals surface area contributed by atoms with Crippen LogP contribution in [0.5, 0.6) is 11.6 Å². The van der Waals surface area contributed by atoms with Crippen molar-refractivity contribution in [1.29, 1.82) is 0 Å².